The van der Waals surface area contributed by atoms with E-state index in [9.17, 15) is 13.2 Å². The van der Waals surface area contributed by atoms with Gasteiger partial charge in [-0.05, 0) is 30.7 Å². The van der Waals surface area contributed by atoms with Gasteiger partial charge in [-0.1, -0.05) is 31.5 Å². The lowest BCUT2D eigenvalue weighted by molar-refractivity contribution is -0.119. The minimum Gasteiger partial charge on any atom is -0.363 e. The molecule has 0 unspecified atom stereocenters. The van der Waals surface area contributed by atoms with E-state index < -0.39 is 12.7 Å². The van der Waals surface area contributed by atoms with Gasteiger partial charge in [0.15, 0.2) is 0 Å². The normalized spacial score (nSPS) is 11.7. The standard InChI is InChI=1S/C14H20ClF3N2/c1-3-7-20(10-14(16,17)18)12-6-5-11(9-19-4-2)13(15)8-12/h5-6,8,19H,3-4,7,9-10H2,1-2H3. The summed E-state index contributed by atoms with van der Waals surface area (Å²) in [6.07, 6.45) is -3.57. The first-order chi connectivity index (χ1) is 9.37. The largest absolute Gasteiger partial charge is 0.405 e. The Morgan fingerprint density at radius 2 is 1.95 bits per heavy atom. The van der Waals surface area contributed by atoms with Crippen molar-refractivity contribution in [3.63, 3.8) is 0 Å². The van der Waals surface area contributed by atoms with E-state index in [1.54, 1.807) is 18.2 Å². The van der Waals surface area contributed by atoms with Crippen molar-refractivity contribution >= 4 is 17.3 Å². The third-order valence-corrected chi connectivity index (χ3v) is 3.18. The molecule has 0 radical (unpaired) electrons. The van der Waals surface area contributed by atoms with Gasteiger partial charge in [-0.25, -0.2) is 0 Å². The number of nitrogens with one attached hydrogen (secondary N) is 1. The molecule has 6 heteroatoms. The average Bonchev–Trinajstić information content (AvgIpc) is 2.35. The molecule has 0 aliphatic rings. The molecule has 20 heavy (non-hydrogen) atoms. The maximum absolute atomic E-state index is 12.6. The van der Waals surface area contributed by atoms with Gasteiger partial charge in [0.2, 0.25) is 0 Å². The van der Waals surface area contributed by atoms with Crippen LogP contribution in [0.5, 0.6) is 0 Å². The lowest BCUT2D eigenvalue weighted by atomic mass is 10.2. The van der Waals surface area contributed by atoms with Gasteiger partial charge in [-0.3, -0.25) is 0 Å². The fourth-order valence-electron chi connectivity index (χ4n) is 1.92. The molecule has 0 bridgehead atoms. The molecule has 0 aromatic heterocycles. The summed E-state index contributed by atoms with van der Waals surface area (Å²) in [5.41, 5.74) is 1.40. The summed E-state index contributed by atoms with van der Waals surface area (Å²) in [5.74, 6) is 0. The fourth-order valence-corrected chi connectivity index (χ4v) is 2.16. The SMILES string of the molecule is CCCN(CC(F)(F)F)c1ccc(CNCC)c(Cl)c1. The van der Waals surface area contributed by atoms with Gasteiger partial charge in [-0.2, -0.15) is 13.2 Å². The highest BCUT2D eigenvalue weighted by Crippen LogP contribution is 2.27. The molecule has 0 amide bonds. The van der Waals surface area contributed by atoms with Gasteiger partial charge in [0.1, 0.15) is 6.54 Å². The van der Waals surface area contributed by atoms with Crippen molar-refractivity contribution in [2.45, 2.75) is 33.0 Å². The zero-order valence-electron chi connectivity index (χ0n) is 11.7. The van der Waals surface area contributed by atoms with E-state index in [4.69, 9.17) is 11.6 Å². The van der Waals surface area contributed by atoms with Crippen LogP contribution in [0.25, 0.3) is 0 Å². The second-order valence-corrected chi connectivity index (χ2v) is 5.00. The number of benzene rings is 1. The summed E-state index contributed by atoms with van der Waals surface area (Å²) >= 11 is 6.13. The van der Waals surface area contributed by atoms with Crippen LogP contribution in [0.4, 0.5) is 18.9 Å². The van der Waals surface area contributed by atoms with Gasteiger partial charge in [0, 0.05) is 23.8 Å². The molecule has 0 saturated heterocycles. The van der Waals surface area contributed by atoms with Gasteiger partial charge in [0.25, 0.3) is 0 Å². The van der Waals surface area contributed by atoms with Crippen LogP contribution in [0, 0.1) is 0 Å². The van der Waals surface area contributed by atoms with Crippen LogP contribution in [0.2, 0.25) is 5.02 Å². The van der Waals surface area contributed by atoms with Crippen LogP contribution in [-0.4, -0.2) is 25.8 Å². The Morgan fingerprint density at radius 1 is 1.25 bits per heavy atom. The number of rotatable bonds is 7. The molecular weight excluding hydrogens is 289 g/mol. The molecule has 1 rings (SSSR count). The molecule has 0 heterocycles. The highest BCUT2D eigenvalue weighted by Gasteiger charge is 2.30. The second kappa shape index (κ2) is 7.74. The average molecular weight is 309 g/mol. The Morgan fingerprint density at radius 3 is 2.45 bits per heavy atom. The van der Waals surface area contributed by atoms with Crippen molar-refractivity contribution in [3.8, 4) is 0 Å². The Labute approximate surface area is 122 Å². The van der Waals surface area contributed by atoms with Gasteiger partial charge in [0.05, 0.1) is 0 Å². The predicted molar refractivity (Wildman–Crippen MR) is 77.4 cm³/mol. The lowest BCUT2D eigenvalue weighted by Gasteiger charge is -2.26. The van der Waals surface area contributed by atoms with E-state index >= 15 is 0 Å². The summed E-state index contributed by atoms with van der Waals surface area (Å²) < 4.78 is 37.7. The Hall–Kier alpha value is -0.940. The number of halogens is 4. The molecule has 0 aliphatic heterocycles. The summed E-state index contributed by atoms with van der Waals surface area (Å²) in [6.45, 7) is 4.65. The van der Waals surface area contributed by atoms with Crippen molar-refractivity contribution in [2.75, 3.05) is 24.5 Å². The Balaban J connectivity index is 2.89. The molecule has 0 aliphatic carbocycles. The van der Waals surface area contributed by atoms with Gasteiger partial charge in [-0.15, -0.1) is 0 Å². The molecule has 0 spiro atoms. The van der Waals surface area contributed by atoms with E-state index in [0.717, 1.165) is 12.1 Å². The van der Waals surface area contributed by atoms with Crippen LogP contribution in [0.1, 0.15) is 25.8 Å². The van der Waals surface area contributed by atoms with Gasteiger partial charge < -0.3 is 10.2 Å². The van der Waals surface area contributed by atoms with Crippen molar-refractivity contribution in [2.24, 2.45) is 0 Å². The van der Waals surface area contributed by atoms with E-state index in [2.05, 4.69) is 5.32 Å². The Kier molecular flexibility index (Phi) is 6.62. The molecule has 2 nitrogen and oxygen atoms in total. The van der Waals surface area contributed by atoms with Crippen molar-refractivity contribution < 1.29 is 13.2 Å². The quantitative estimate of drug-likeness (QED) is 0.811. The van der Waals surface area contributed by atoms with Gasteiger partial charge >= 0.3 is 6.18 Å². The number of alkyl halides is 3. The first-order valence-corrected chi connectivity index (χ1v) is 7.06. The van der Waals surface area contributed by atoms with E-state index in [1.807, 2.05) is 13.8 Å². The summed E-state index contributed by atoms with van der Waals surface area (Å²) in [7, 11) is 0. The zero-order chi connectivity index (χ0) is 15.2. The molecular formula is C14H20ClF3N2. The maximum atomic E-state index is 12.6. The van der Waals surface area contributed by atoms with E-state index in [0.29, 0.717) is 30.2 Å². The van der Waals surface area contributed by atoms with Crippen LogP contribution in [0.15, 0.2) is 18.2 Å². The minimum atomic E-state index is -4.22. The van der Waals surface area contributed by atoms with Crippen LogP contribution >= 0.6 is 11.6 Å². The van der Waals surface area contributed by atoms with Crippen molar-refractivity contribution in [1.82, 2.24) is 5.32 Å². The third kappa shape index (κ3) is 5.59. The lowest BCUT2D eigenvalue weighted by Crippen LogP contribution is -2.34. The van der Waals surface area contributed by atoms with Crippen molar-refractivity contribution in [3.05, 3.63) is 28.8 Å². The monoisotopic (exact) mass is 308 g/mol. The molecule has 1 N–H and O–H groups in total. The fraction of sp³-hybridized carbons (Fsp3) is 0.571. The Bertz CT molecular complexity index is 421. The molecule has 0 fully saturated rings. The minimum absolute atomic E-state index is 0.350. The number of hydrogen-bond acceptors (Lipinski definition) is 2. The number of anilines is 1. The zero-order valence-corrected chi connectivity index (χ0v) is 12.5. The van der Waals surface area contributed by atoms with Crippen LogP contribution in [0.3, 0.4) is 0 Å². The summed E-state index contributed by atoms with van der Waals surface area (Å²) in [6, 6.07) is 5.08. The topological polar surface area (TPSA) is 15.3 Å². The predicted octanol–water partition coefficient (Wildman–Crippen LogP) is 4.23. The highest BCUT2D eigenvalue weighted by atomic mass is 35.5. The number of nitrogens with zero attached hydrogens (tertiary/aromatic N) is 1. The summed E-state index contributed by atoms with van der Waals surface area (Å²) in [5, 5.41) is 3.63. The second-order valence-electron chi connectivity index (χ2n) is 4.59. The van der Waals surface area contributed by atoms with Crippen LogP contribution in [-0.2, 0) is 6.54 Å². The third-order valence-electron chi connectivity index (χ3n) is 2.83. The highest BCUT2D eigenvalue weighted by molar-refractivity contribution is 6.31. The molecule has 1 aromatic carbocycles. The molecule has 114 valence electrons. The van der Waals surface area contributed by atoms with Crippen molar-refractivity contribution in [1.29, 1.82) is 0 Å². The molecule has 0 atom stereocenters. The molecule has 1 aromatic rings. The van der Waals surface area contributed by atoms with E-state index in [1.165, 1.54) is 4.90 Å². The first kappa shape index (κ1) is 17.1. The maximum Gasteiger partial charge on any atom is 0.405 e. The number of hydrogen-bond donors (Lipinski definition) is 1. The smallest absolute Gasteiger partial charge is 0.363 e. The van der Waals surface area contributed by atoms with E-state index in [-0.39, 0.29) is 0 Å². The van der Waals surface area contributed by atoms with Crippen LogP contribution < -0.4 is 10.2 Å². The summed E-state index contributed by atoms with van der Waals surface area (Å²) in [4.78, 5) is 1.31. The molecule has 0 saturated carbocycles. The first-order valence-electron chi connectivity index (χ1n) is 6.68.